The number of hydrogen-bond donors (Lipinski definition) is 1. The average molecular weight is 279 g/mol. The van der Waals surface area contributed by atoms with E-state index in [1.807, 2.05) is 18.2 Å². The lowest BCUT2D eigenvalue weighted by atomic mass is 10.1. The molecule has 0 aliphatic carbocycles. The Morgan fingerprint density at radius 3 is 2.95 bits per heavy atom. The Morgan fingerprint density at radius 1 is 1.42 bits per heavy atom. The third kappa shape index (κ3) is 3.77. The van der Waals surface area contributed by atoms with E-state index in [9.17, 15) is 8.42 Å². The van der Waals surface area contributed by atoms with Gasteiger partial charge in [-0.15, -0.1) is 0 Å². The molecule has 1 saturated heterocycles. The van der Waals surface area contributed by atoms with Gasteiger partial charge in [-0.2, -0.15) is 5.26 Å². The van der Waals surface area contributed by atoms with Gasteiger partial charge in [-0.05, 0) is 24.1 Å². The molecule has 1 heterocycles. The average Bonchev–Trinajstić information content (AvgIpc) is 2.74. The molecule has 0 amide bonds. The van der Waals surface area contributed by atoms with Crippen molar-refractivity contribution in [3.63, 3.8) is 0 Å². The molecule has 0 radical (unpaired) electrons. The van der Waals surface area contributed by atoms with E-state index in [0.717, 1.165) is 12.0 Å². The maximum absolute atomic E-state index is 11.6. The Labute approximate surface area is 113 Å². The van der Waals surface area contributed by atoms with Gasteiger partial charge in [-0.3, -0.25) is 0 Å². The summed E-state index contributed by atoms with van der Waals surface area (Å²) in [5.41, 5.74) is 1.67. The van der Waals surface area contributed by atoms with Crippen LogP contribution in [0.3, 0.4) is 0 Å². The highest BCUT2D eigenvalue weighted by atomic mass is 32.2. The second kappa shape index (κ2) is 6.15. The van der Waals surface area contributed by atoms with Crippen molar-refractivity contribution in [3.8, 4) is 6.07 Å². The minimum absolute atomic E-state index is 0.275. The van der Waals surface area contributed by atoms with Gasteiger partial charge in [0, 0.05) is 26.2 Å². The Balaban J connectivity index is 1.77. The van der Waals surface area contributed by atoms with Gasteiger partial charge in [0.15, 0.2) is 0 Å². The van der Waals surface area contributed by atoms with Gasteiger partial charge in [0.2, 0.25) is 10.0 Å². The number of hydrogen-bond acceptors (Lipinski definition) is 4. The lowest BCUT2D eigenvalue weighted by Crippen LogP contribution is -2.33. The molecule has 1 aliphatic heterocycles. The van der Waals surface area contributed by atoms with E-state index >= 15 is 0 Å². The third-order valence-corrected chi connectivity index (χ3v) is 5.08. The smallest absolute Gasteiger partial charge is 0.214 e. The topological polar surface area (TPSA) is 73.2 Å². The van der Waals surface area contributed by atoms with Gasteiger partial charge in [-0.25, -0.2) is 12.7 Å². The van der Waals surface area contributed by atoms with E-state index in [1.165, 1.54) is 4.31 Å². The van der Waals surface area contributed by atoms with E-state index in [0.29, 0.717) is 31.7 Å². The van der Waals surface area contributed by atoms with Crippen molar-refractivity contribution in [3.05, 3.63) is 35.4 Å². The van der Waals surface area contributed by atoms with Crippen molar-refractivity contribution in [2.45, 2.75) is 13.0 Å². The Hall–Kier alpha value is -1.42. The van der Waals surface area contributed by atoms with Crippen LogP contribution in [-0.2, 0) is 16.6 Å². The van der Waals surface area contributed by atoms with Gasteiger partial charge in [-0.1, -0.05) is 12.1 Å². The fourth-order valence-corrected chi connectivity index (χ4v) is 3.66. The van der Waals surface area contributed by atoms with Crippen molar-refractivity contribution >= 4 is 10.0 Å². The normalized spacial score (nSPS) is 18.3. The molecule has 0 bridgehead atoms. The number of nitrogens with zero attached hydrogens (tertiary/aromatic N) is 2. The number of rotatable bonds is 5. The third-order valence-electron chi connectivity index (χ3n) is 3.13. The molecule has 1 fully saturated rings. The largest absolute Gasteiger partial charge is 0.311 e. The first-order valence-electron chi connectivity index (χ1n) is 6.29. The molecule has 2 rings (SSSR count). The van der Waals surface area contributed by atoms with Gasteiger partial charge in [0.1, 0.15) is 0 Å². The summed E-state index contributed by atoms with van der Waals surface area (Å²) in [6.07, 6.45) is 0.729. The van der Waals surface area contributed by atoms with E-state index < -0.39 is 10.0 Å². The number of sulfonamides is 1. The molecule has 5 nitrogen and oxygen atoms in total. The van der Waals surface area contributed by atoms with Gasteiger partial charge >= 0.3 is 0 Å². The van der Waals surface area contributed by atoms with Gasteiger partial charge < -0.3 is 5.32 Å². The van der Waals surface area contributed by atoms with Crippen LogP contribution in [-0.4, -0.2) is 38.1 Å². The highest BCUT2D eigenvalue weighted by molar-refractivity contribution is 7.89. The Kier molecular flexibility index (Phi) is 4.53. The summed E-state index contributed by atoms with van der Waals surface area (Å²) in [5, 5.41) is 12.0. The summed E-state index contributed by atoms with van der Waals surface area (Å²) in [4.78, 5) is 0. The summed E-state index contributed by atoms with van der Waals surface area (Å²) >= 11 is 0. The Bertz CT molecular complexity index is 578. The van der Waals surface area contributed by atoms with Crippen LogP contribution in [0, 0.1) is 11.3 Å². The van der Waals surface area contributed by atoms with Gasteiger partial charge in [0.05, 0.1) is 17.4 Å². The number of nitrogens with one attached hydrogen (secondary N) is 1. The molecule has 0 aromatic heterocycles. The summed E-state index contributed by atoms with van der Waals surface area (Å²) in [6, 6.07) is 9.49. The SMILES string of the molecule is N#Cc1cccc(CNCCN2CCCS2(=O)=O)c1. The van der Waals surface area contributed by atoms with Crippen molar-refractivity contribution in [1.82, 2.24) is 9.62 Å². The van der Waals surface area contributed by atoms with Crippen molar-refractivity contribution in [2.24, 2.45) is 0 Å². The van der Waals surface area contributed by atoms with Crippen LogP contribution in [0.5, 0.6) is 0 Å². The molecule has 19 heavy (non-hydrogen) atoms. The second-order valence-electron chi connectivity index (χ2n) is 4.56. The second-order valence-corrected chi connectivity index (χ2v) is 6.65. The quantitative estimate of drug-likeness (QED) is 0.805. The van der Waals surface area contributed by atoms with E-state index in [-0.39, 0.29) is 5.75 Å². The molecule has 6 heteroatoms. The molecular formula is C13H17N3O2S. The first kappa shape index (κ1) is 14.0. The maximum Gasteiger partial charge on any atom is 0.214 e. The van der Waals surface area contributed by atoms with E-state index in [4.69, 9.17) is 5.26 Å². The molecule has 102 valence electrons. The van der Waals surface area contributed by atoms with Crippen LogP contribution in [0.2, 0.25) is 0 Å². The fourth-order valence-electron chi connectivity index (χ4n) is 2.13. The summed E-state index contributed by atoms with van der Waals surface area (Å²) in [6.45, 7) is 2.41. The lowest BCUT2D eigenvalue weighted by molar-refractivity contribution is 0.434. The predicted molar refractivity (Wildman–Crippen MR) is 72.8 cm³/mol. The predicted octanol–water partition coefficient (Wildman–Crippen LogP) is 0.683. The first-order valence-corrected chi connectivity index (χ1v) is 7.90. The molecular weight excluding hydrogens is 262 g/mol. The van der Waals surface area contributed by atoms with E-state index in [1.54, 1.807) is 6.07 Å². The molecule has 0 spiro atoms. The van der Waals surface area contributed by atoms with Crippen molar-refractivity contribution < 1.29 is 8.42 Å². The highest BCUT2D eigenvalue weighted by Crippen LogP contribution is 2.11. The van der Waals surface area contributed by atoms with Crippen molar-refractivity contribution in [2.75, 3.05) is 25.4 Å². The van der Waals surface area contributed by atoms with Crippen LogP contribution in [0.1, 0.15) is 17.5 Å². The summed E-state index contributed by atoms with van der Waals surface area (Å²) in [7, 11) is -2.99. The van der Waals surface area contributed by atoms with E-state index in [2.05, 4.69) is 11.4 Å². The highest BCUT2D eigenvalue weighted by Gasteiger charge is 2.27. The van der Waals surface area contributed by atoms with Crippen molar-refractivity contribution in [1.29, 1.82) is 5.26 Å². The number of nitriles is 1. The zero-order valence-corrected chi connectivity index (χ0v) is 11.5. The molecule has 1 aromatic carbocycles. The molecule has 1 aromatic rings. The Morgan fingerprint density at radius 2 is 2.26 bits per heavy atom. The van der Waals surface area contributed by atoms with Crippen LogP contribution in [0.25, 0.3) is 0 Å². The summed E-state index contributed by atoms with van der Waals surface area (Å²) < 4.78 is 24.7. The van der Waals surface area contributed by atoms with Crippen LogP contribution < -0.4 is 5.32 Å². The molecule has 1 N–H and O–H groups in total. The fraction of sp³-hybridized carbons (Fsp3) is 0.462. The zero-order chi connectivity index (χ0) is 13.7. The molecule has 0 unspecified atom stereocenters. The van der Waals surface area contributed by atoms with Crippen LogP contribution >= 0.6 is 0 Å². The first-order chi connectivity index (χ1) is 9.12. The molecule has 1 aliphatic rings. The summed E-state index contributed by atoms with van der Waals surface area (Å²) in [5.74, 6) is 0.275. The standard InChI is InChI=1S/C13H17N3O2S/c14-10-12-3-1-4-13(9-12)11-15-5-7-16-6-2-8-19(16,17)18/h1,3-4,9,15H,2,5-8,11H2. The van der Waals surface area contributed by atoms with Crippen LogP contribution in [0.4, 0.5) is 0 Å². The van der Waals surface area contributed by atoms with Crippen LogP contribution in [0.15, 0.2) is 24.3 Å². The lowest BCUT2D eigenvalue weighted by Gasteiger charge is -2.14. The molecule has 0 atom stereocenters. The monoisotopic (exact) mass is 279 g/mol. The zero-order valence-electron chi connectivity index (χ0n) is 10.7. The number of benzene rings is 1. The molecule has 0 saturated carbocycles. The minimum atomic E-state index is -2.99. The minimum Gasteiger partial charge on any atom is -0.311 e. The maximum atomic E-state index is 11.6. The van der Waals surface area contributed by atoms with Gasteiger partial charge in [0.25, 0.3) is 0 Å².